The highest BCUT2D eigenvalue weighted by atomic mass is 32.2. The maximum absolute atomic E-state index is 5.80. The molecule has 1 fully saturated rings. The van der Waals surface area contributed by atoms with Crippen LogP contribution in [-0.4, -0.2) is 55.6 Å². The molecule has 1 aromatic carbocycles. The number of morpholine rings is 1. The molecule has 1 aromatic heterocycles. The van der Waals surface area contributed by atoms with E-state index in [0.717, 1.165) is 43.7 Å². The molecule has 2 heterocycles. The van der Waals surface area contributed by atoms with Crippen LogP contribution in [0.4, 0.5) is 0 Å². The Hall–Kier alpha value is -1.08. The molecule has 6 heteroatoms. The van der Waals surface area contributed by atoms with Crippen molar-refractivity contribution in [2.45, 2.75) is 4.90 Å². The van der Waals surface area contributed by atoms with Crippen molar-refractivity contribution in [3.8, 4) is 16.5 Å². The Morgan fingerprint density at radius 3 is 2.95 bits per heavy atom. The topological polar surface area (TPSA) is 34.6 Å². The molecule has 0 bridgehead atoms. The van der Waals surface area contributed by atoms with Gasteiger partial charge in [-0.25, -0.2) is 4.98 Å². The SMILES string of the molecule is CSc1ccccc1-c1csc(OCCN2CCOCC2)n1. The van der Waals surface area contributed by atoms with Crippen molar-refractivity contribution in [2.24, 2.45) is 0 Å². The smallest absolute Gasteiger partial charge is 0.273 e. The lowest BCUT2D eigenvalue weighted by Crippen LogP contribution is -2.38. The quantitative estimate of drug-likeness (QED) is 0.757. The molecule has 118 valence electrons. The number of ether oxygens (including phenoxy) is 2. The summed E-state index contributed by atoms with van der Waals surface area (Å²) in [5.74, 6) is 0. The predicted octanol–water partition coefficient (Wildman–Crippen LogP) is 3.24. The van der Waals surface area contributed by atoms with E-state index in [0.29, 0.717) is 6.61 Å². The third kappa shape index (κ3) is 4.01. The zero-order valence-corrected chi connectivity index (χ0v) is 14.3. The molecule has 0 aliphatic carbocycles. The van der Waals surface area contributed by atoms with Gasteiger partial charge in [0.15, 0.2) is 0 Å². The summed E-state index contributed by atoms with van der Waals surface area (Å²) < 4.78 is 11.1. The van der Waals surface area contributed by atoms with Gasteiger partial charge in [0, 0.05) is 35.5 Å². The van der Waals surface area contributed by atoms with Crippen LogP contribution in [0.15, 0.2) is 34.5 Å². The van der Waals surface area contributed by atoms with Gasteiger partial charge in [-0.2, -0.15) is 0 Å². The van der Waals surface area contributed by atoms with Crippen LogP contribution in [0.1, 0.15) is 0 Å². The molecule has 1 aliphatic rings. The normalized spacial score (nSPS) is 15.9. The highest BCUT2D eigenvalue weighted by molar-refractivity contribution is 7.98. The summed E-state index contributed by atoms with van der Waals surface area (Å²) in [7, 11) is 0. The first kappa shape index (κ1) is 15.8. The van der Waals surface area contributed by atoms with Crippen molar-refractivity contribution in [1.29, 1.82) is 0 Å². The third-order valence-electron chi connectivity index (χ3n) is 3.60. The van der Waals surface area contributed by atoms with Gasteiger partial charge in [-0.1, -0.05) is 29.5 Å². The first-order valence-corrected chi connectivity index (χ1v) is 9.49. The van der Waals surface area contributed by atoms with Gasteiger partial charge in [-0.05, 0) is 12.3 Å². The first-order chi connectivity index (χ1) is 10.9. The van der Waals surface area contributed by atoms with Crippen LogP contribution >= 0.6 is 23.1 Å². The van der Waals surface area contributed by atoms with E-state index in [1.807, 2.05) is 6.07 Å². The standard InChI is InChI=1S/C16H20N2O2S2/c1-21-15-5-3-2-4-13(15)14-12-22-16(17-14)20-11-8-18-6-9-19-10-7-18/h2-5,12H,6-11H2,1H3. The molecule has 4 nitrogen and oxygen atoms in total. The molecule has 2 aromatic rings. The Kier molecular flexibility index (Phi) is 5.72. The molecule has 1 saturated heterocycles. The summed E-state index contributed by atoms with van der Waals surface area (Å²) in [6, 6.07) is 8.34. The Morgan fingerprint density at radius 1 is 1.32 bits per heavy atom. The van der Waals surface area contributed by atoms with Crippen molar-refractivity contribution in [1.82, 2.24) is 9.88 Å². The van der Waals surface area contributed by atoms with Crippen molar-refractivity contribution >= 4 is 23.1 Å². The largest absolute Gasteiger partial charge is 0.469 e. The van der Waals surface area contributed by atoms with E-state index in [-0.39, 0.29) is 0 Å². The van der Waals surface area contributed by atoms with E-state index in [1.54, 1.807) is 23.1 Å². The van der Waals surface area contributed by atoms with Crippen LogP contribution in [-0.2, 0) is 4.74 Å². The molecule has 0 amide bonds. The maximum Gasteiger partial charge on any atom is 0.273 e. The number of hydrogen-bond donors (Lipinski definition) is 0. The second-order valence-electron chi connectivity index (χ2n) is 5.00. The van der Waals surface area contributed by atoms with Crippen LogP contribution in [0.2, 0.25) is 0 Å². The van der Waals surface area contributed by atoms with Gasteiger partial charge in [0.25, 0.3) is 5.19 Å². The summed E-state index contributed by atoms with van der Waals surface area (Å²) in [5, 5.41) is 2.82. The van der Waals surface area contributed by atoms with Gasteiger partial charge < -0.3 is 9.47 Å². The number of thioether (sulfide) groups is 1. The third-order valence-corrected chi connectivity index (χ3v) is 5.15. The number of thiazole rings is 1. The minimum atomic E-state index is 0.678. The molecule has 1 aliphatic heterocycles. The lowest BCUT2D eigenvalue weighted by Gasteiger charge is -2.26. The molecule has 0 atom stereocenters. The fraction of sp³-hybridized carbons (Fsp3) is 0.438. The zero-order chi connectivity index (χ0) is 15.2. The fourth-order valence-electron chi connectivity index (χ4n) is 2.39. The Labute approximate surface area is 139 Å². The van der Waals surface area contributed by atoms with E-state index < -0.39 is 0 Å². The Balaban J connectivity index is 1.57. The molecule has 0 radical (unpaired) electrons. The highest BCUT2D eigenvalue weighted by Gasteiger charge is 2.12. The van der Waals surface area contributed by atoms with Crippen LogP contribution in [0, 0.1) is 0 Å². The zero-order valence-electron chi connectivity index (χ0n) is 12.7. The molecule has 0 saturated carbocycles. The lowest BCUT2D eigenvalue weighted by molar-refractivity contribution is 0.0322. The number of rotatable bonds is 6. The average molecular weight is 336 g/mol. The minimum Gasteiger partial charge on any atom is -0.469 e. The molecule has 0 N–H and O–H groups in total. The van der Waals surface area contributed by atoms with E-state index >= 15 is 0 Å². The minimum absolute atomic E-state index is 0.678. The highest BCUT2D eigenvalue weighted by Crippen LogP contribution is 2.32. The summed E-state index contributed by atoms with van der Waals surface area (Å²) in [6.45, 7) is 5.25. The Morgan fingerprint density at radius 2 is 2.14 bits per heavy atom. The molecule has 0 unspecified atom stereocenters. The summed E-state index contributed by atoms with van der Waals surface area (Å²) in [6.07, 6.45) is 2.09. The van der Waals surface area contributed by atoms with Crippen LogP contribution < -0.4 is 4.74 Å². The number of nitrogens with zero attached hydrogens (tertiary/aromatic N) is 2. The van der Waals surface area contributed by atoms with Gasteiger partial charge >= 0.3 is 0 Å². The first-order valence-electron chi connectivity index (χ1n) is 7.38. The Bertz CT molecular complexity index is 597. The van der Waals surface area contributed by atoms with Crippen LogP contribution in [0.3, 0.4) is 0 Å². The number of benzene rings is 1. The van der Waals surface area contributed by atoms with E-state index in [9.17, 15) is 0 Å². The lowest BCUT2D eigenvalue weighted by atomic mass is 10.2. The van der Waals surface area contributed by atoms with E-state index in [4.69, 9.17) is 9.47 Å². The van der Waals surface area contributed by atoms with Crippen LogP contribution in [0.5, 0.6) is 5.19 Å². The van der Waals surface area contributed by atoms with E-state index in [1.165, 1.54) is 10.5 Å². The predicted molar refractivity (Wildman–Crippen MR) is 92.1 cm³/mol. The number of hydrogen-bond acceptors (Lipinski definition) is 6. The molecule has 0 spiro atoms. The summed E-state index contributed by atoms with van der Waals surface area (Å²) in [4.78, 5) is 8.22. The van der Waals surface area contributed by atoms with Gasteiger partial charge in [0.2, 0.25) is 0 Å². The number of aromatic nitrogens is 1. The van der Waals surface area contributed by atoms with Gasteiger partial charge in [0.1, 0.15) is 6.61 Å². The van der Waals surface area contributed by atoms with Gasteiger partial charge in [-0.3, -0.25) is 4.90 Å². The summed E-state index contributed by atoms with van der Waals surface area (Å²) >= 11 is 3.31. The van der Waals surface area contributed by atoms with Crippen molar-refractivity contribution < 1.29 is 9.47 Å². The maximum atomic E-state index is 5.80. The molecule has 22 heavy (non-hydrogen) atoms. The van der Waals surface area contributed by atoms with Crippen molar-refractivity contribution in [2.75, 3.05) is 45.7 Å². The molecular weight excluding hydrogens is 316 g/mol. The van der Waals surface area contributed by atoms with Gasteiger partial charge in [0.05, 0.1) is 18.9 Å². The second kappa shape index (κ2) is 7.97. The second-order valence-corrected chi connectivity index (χ2v) is 6.67. The fourth-order valence-corrected chi connectivity index (χ4v) is 3.69. The van der Waals surface area contributed by atoms with Crippen molar-refractivity contribution in [3.05, 3.63) is 29.6 Å². The summed E-state index contributed by atoms with van der Waals surface area (Å²) in [5.41, 5.74) is 2.17. The van der Waals surface area contributed by atoms with E-state index in [2.05, 4.69) is 39.7 Å². The van der Waals surface area contributed by atoms with Crippen LogP contribution in [0.25, 0.3) is 11.3 Å². The molecular formula is C16H20N2O2S2. The van der Waals surface area contributed by atoms with Gasteiger partial charge in [-0.15, -0.1) is 11.8 Å². The average Bonchev–Trinajstić information content (AvgIpc) is 3.04. The van der Waals surface area contributed by atoms with Crippen molar-refractivity contribution in [3.63, 3.8) is 0 Å². The molecule has 3 rings (SSSR count). The monoisotopic (exact) mass is 336 g/mol.